The first-order valence-corrected chi connectivity index (χ1v) is 8.15. The SMILES string of the molecule is NCC1OC(Cc2cc(CN3CCNCC3)on2)CCC1O. The quantitative estimate of drug-likeness (QED) is 0.674. The highest BCUT2D eigenvalue weighted by atomic mass is 16.5. The molecule has 0 aliphatic carbocycles. The fraction of sp³-hybridized carbons (Fsp3) is 0.800. The molecule has 2 saturated heterocycles. The van der Waals surface area contributed by atoms with E-state index in [1.807, 2.05) is 6.07 Å². The Morgan fingerprint density at radius 1 is 1.36 bits per heavy atom. The normalized spacial score (nSPS) is 30.5. The van der Waals surface area contributed by atoms with E-state index in [2.05, 4.69) is 15.4 Å². The average molecular weight is 310 g/mol. The number of aliphatic hydroxyl groups is 1. The van der Waals surface area contributed by atoms with E-state index in [9.17, 15) is 5.11 Å². The van der Waals surface area contributed by atoms with Crippen LogP contribution in [0.25, 0.3) is 0 Å². The zero-order valence-corrected chi connectivity index (χ0v) is 12.9. The predicted molar refractivity (Wildman–Crippen MR) is 81.3 cm³/mol. The van der Waals surface area contributed by atoms with Gasteiger partial charge in [-0.05, 0) is 12.8 Å². The largest absolute Gasteiger partial charge is 0.390 e. The van der Waals surface area contributed by atoms with E-state index in [1.165, 1.54) is 0 Å². The van der Waals surface area contributed by atoms with Crippen molar-refractivity contribution in [3.05, 3.63) is 17.5 Å². The molecule has 3 atom stereocenters. The van der Waals surface area contributed by atoms with E-state index in [4.69, 9.17) is 15.0 Å². The van der Waals surface area contributed by atoms with Crippen LogP contribution in [0.2, 0.25) is 0 Å². The van der Waals surface area contributed by atoms with Crippen molar-refractivity contribution < 1.29 is 14.4 Å². The van der Waals surface area contributed by atoms with Crippen LogP contribution in [0.5, 0.6) is 0 Å². The van der Waals surface area contributed by atoms with Gasteiger partial charge in [-0.25, -0.2) is 0 Å². The zero-order chi connectivity index (χ0) is 15.4. The van der Waals surface area contributed by atoms with Crippen LogP contribution in [0.1, 0.15) is 24.3 Å². The molecule has 22 heavy (non-hydrogen) atoms. The maximum absolute atomic E-state index is 9.79. The summed E-state index contributed by atoms with van der Waals surface area (Å²) in [5.41, 5.74) is 6.55. The van der Waals surface area contributed by atoms with Crippen LogP contribution < -0.4 is 11.1 Å². The van der Waals surface area contributed by atoms with E-state index in [0.29, 0.717) is 13.0 Å². The number of nitrogens with zero attached hydrogens (tertiary/aromatic N) is 2. The maximum Gasteiger partial charge on any atom is 0.150 e. The first-order chi connectivity index (χ1) is 10.7. The highest BCUT2D eigenvalue weighted by Crippen LogP contribution is 2.22. The minimum Gasteiger partial charge on any atom is -0.390 e. The highest BCUT2D eigenvalue weighted by Gasteiger charge is 2.29. The van der Waals surface area contributed by atoms with E-state index < -0.39 is 6.10 Å². The van der Waals surface area contributed by atoms with Crippen LogP contribution in [-0.2, 0) is 17.7 Å². The van der Waals surface area contributed by atoms with Gasteiger partial charge in [0.25, 0.3) is 0 Å². The Bertz CT molecular complexity index is 461. The van der Waals surface area contributed by atoms with Crippen LogP contribution in [0.3, 0.4) is 0 Å². The van der Waals surface area contributed by atoms with Gasteiger partial charge in [0.15, 0.2) is 5.76 Å². The summed E-state index contributed by atoms with van der Waals surface area (Å²) in [4.78, 5) is 2.36. The number of hydrogen-bond acceptors (Lipinski definition) is 7. The lowest BCUT2D eigenvalue weighted by Gasteiger charge is -2.32. The number of nitrogens with two attached hydrogens (primary N) is 1. The molecule has 0 bridgehead atoms. The van der Waals surface area contributed by atoms with Crippen molar-refractivity contribution in [3.63, 3.8) is 0 Å². The summed E-state index contributed by atoms with van der Waals surface area (Å²) in [5, 5.41) is 17.3. The van der Waals surface area contributed by atoms with Gasteiger partial charge in [0.1, 0.15) is 0 Å². The van der Waals surface area contributed by atoms with Gasteiger partial charge < -0.3 is 25.4 Å². The Kier molecular flexibility index (Phi) is 5.43. The molecular weight excluding hydrogens is 284 g/mol. The number of aromatic nitrogens is 1. The van der Waals surface area contributed by atoms with E-state index in [0.717, 1.165) is 57.0 Å². The number of hydrogen-bond donors (Lipinski definition) is 3. The molecule has 0 radical (unpaired) electrons. The fourth-order valence-electron chi connectivity index (χ4n) is 3.16. The second-order valence-electron chi connectivity index (χ2n) is 6.19. The molecule has 0 saturated carbocycles. The lowest BCUT2D eigenvalue weighted by Crippen LogP contribution is -2.44. The summed E-state index contributed by atoms with van der Waals surface area (Å²) in [7, 11) is 0. The summed E-state index contributed by atoms with van der Waals surface area (Å²) < 4.78 is 11.3. The third kappa shape index (κ3) is 4.05. The lowest BCUT2D eigenvalue weighted by molar-refractivity contribution is -0.112. The van der Waals surface area contributed by atoms with Crippen LogP contribution in [0, 0.1) is 0 Å². The monoisotopic (exact) mass is 310 g/mol. The summed E-state index contributed by atoms with van der Waals surface area (Å²) >= 11 is 0. The molecule has 0 amide bonds. The minimum atomic E-state index is -0.443. The Hall–Kier alpha value is -0.990. The van der Waals surface area contributed by atoms with E-state index in [1.54, 1.807) is 0 Å². The van der Waals surface area contributed by atoms with Crippen molar-refractivity contribution in [2.24, 2.45) is 5.73 Å². The number of nitrogens with one attached hydrogen (secondary N) is 1. The molecule has 3 heterocycles. The summed E-state index contributed by atoms with van der Waals surface area (Å²) in [5.74, 6) is 0.906. The first kappa shape index (κ1) is 15.9. The van der Waals surface area contributed by atoms with Crippen molar-refractivity contribution in [2.45, 2.75) is 44.1 Å². The van der Waals surface area contributed by atoms with Gasteiger partial charge in [-0.1, -0.05) is 5.16 Å². The Morgan fingerprint density at radius 3 is 2.95 bits per heavy atom. The molecule has 7 nitrogen and oxygen atoms in total. The summed E-state index contributed by atoms with van der Waals surface area (Å²) in [6, 6.07) is 2.02. The van der Waals surface area contributed by atoms with Gasteiger partial charge in [0.05, 0.1) is 30.6 Å². The van der Waals surface area contributed by atoms with Crippen molar-refractivity contribution >= 4 is 0 Å². The highest BCUT2D eigenvalue weighted by molar-refractivity contribution is 5.07. The molecule has 1 aromatic heterocycles. The molecule has 2 fully saturated rings. The van der Waals surface area contributed by atoms with Gasteiger partial charge in [-0.15, -0.1) is 0 Å². The van der Waals surface area contributed by atoms with Crippen LogP contribution in [-0.4, -0.2) is 66.2 Å². The molecule has 2 aliphatic heterocycles. The van der Waals surface area contributed by atoms with Gasteiger partial charge in [0.2, 0.25) is 0 Å². The van der Waals surface area contributed by atoms with Crippen LogP contribution in [0.4, 0.5) is 0 Å². The Morgan fingerprint density at radius 2 is 2.18 bits per heavy atom. The number of piperazine rings is 1. The van der Waals surface area contributed by atoms with Gasteiger partial charge in [-0.3, -0.25) is 4.90 Å². The maximum atomic E-state index is 9.79. The Labute approximate surface area is 130 Å². The minimum absolute atomic E-state index is 0.0640. The standard InChI is InChI=1S/C15H26N4O3/c16-9-15-14(20)2-1-12(21-15)7-11-8-13(22-18-11)10-19-5-3-17-4-6-19/h8,12,14-15,17,20H,1-7,9-10,16H2. The molecule has 124 valence electrons. The van der Waals surface area contributed by atoms with Crippen LogP contribution >= 0.6 is 0 Å². The first-order valence-electron chi connectivity index (χ1n) is 8.15. The van der Waals surface area contributed by atoms with Crippen molar-refractivity contribution in [2.75, 3.05) is 32.7 Å². The van der Waals surface area contributed by atoms with Gasteiger partial charge in [-0.2, -0.15) is 0 Å². The average Bonchev–Trinajstić information content (AvgIpc) is 2.97. The van der Waals surface area contributed by atoms with E-state index >= 15 is 0 Å². The molecule has 0 aromatic carbocycles. The molecule has 2 aliphatic rings. The second kappa shape index (κ2) is 7.52. The Balaban J connectivity index is 1.50. The van der Waals surface area contributed by atoms with E-state index in [-0.39, 0.29) is 12.2 Å². The zero-order valence-electron chi connectivity index (χ0n) is 12.9. The predicted octanol–water partition coefficient (Wildman–Crippen LogP) is -0.510. The van der Waals surface area contributed by atoms with Crippen molar-refractivity contribution in [1.82, 2.24) is 15.4 Å². The molecule has 1 aromatic rings. The smallest absolute Gasteiger partial charge is 0.150 e. The molecule has 4 N–H and O–H groups in total. The third-order valence-electron chi connectivity index (χ3n) is 4.45. The molecular formula is C15H26N4O3. The van der Waals surface area contributed by atoms with Crippen molar-refractivity contribution in [1.29, 1.82) is 0 Å². The fourth-order valence-corrected chi connectivity index (χ4v) is 3.16. The summed E-state index contributed by atoms with van der Waals surface area (Å²) in [6.07, 6.45) is 1.64. The van der Waals surface area contributed by atoms with Gasteiger partial charge in [0, 0.05) is 45.2 Å². The number of rotatable bonds is 5. The van der Waals surface area contributed by atoms with Crippen molar-refractivity contribution in [3.8, 4) is 0 Å². The van der Waals surface area contributed by atoms with Crippen LogP contribution in [0.15, 0.2) is 10.6 Å². The molecule has 3 rings (SSSR count). The van der Waals surface area contributed by atoms with Gasteiger partial charge >= 0.3 is 0 Å². The topological polar surface area (TPSA) is 96.8 Å². The molecule has 7 heteroatoms. The molecule has 0 spiro atoms. The number of ether oxygens (including phenoxy) is 1. The number of aliphatic hydroxyl groups excluding tert-OH is 1. The molecule has 3 unspecified atom stereocenters. The lowest BCUT2D eigenvalue weighted by atomic mass is 9.98. The third-order valence-corrected chi connectivity index (χ3v) is 4.45. The summed E-state index contributed by atoms with van der Waals surface area (Å²) in [6.45, 7) is 5.30. The second-order valence-corrected chi connectivity index (χ2v) is 6.19.